The van der Waals surface area contributed by atoms with Crippen molar-refractivity contribution in [3.63, 3.8) is 0 Å². The van der Waals surface area contributed by atoms with Crippen LogP contribution in [0.15, 0.2) is 0 Å². The first-order valence-corrected chi connectivity index (χ1v) is 6.61. The Bertz CT molecular complexity index is 365. The summed E-state index contributed by atoms with van der Waals surface area (Å²) < 4.78 is 5.02. The van der Waals surface area contributed by atoms with Gasteiger partial charge in [-0.3, -0.25) is 9.69 Å². The van der Waals surface area contributed by atoms with Crippen LogP contribution in [0.25, 0.3) is 0 Å². The summed E-state index contributed by atoms with van der Waals surface area (Å²) in [6.45, 7) is 3.02. The molecule has 0 spiro atoms. The Kier molecular flexibility index (Phi) is 6.30. The zero-order chi connectivity index (χ0) is 14.3. The molecule has 0 aromatic carbocycles. The molecule has 0 saturated carbocycles. The van der Waals surface area contributed by atoms with Crippen LogP contribution in [0.4, 0.5) is 0 Å². The average Bonchev–Trinajstić information content (AvgIpc) is 2.39. The molecular formula is C13H21N3O3. The predicted octanol–water partition coefficient (Wildman–Crippen LogP) is 0.386. The number of ether oxygens (including phenoxy) is 1. The summed E-state index contributed by atoms with van der Waals surface area (Å²) in [5.41, 5.74) is 0. The predicted molar refractivity (Wildman–Crippen MR) is 69.1 cm³/mol. The summed E-state index contributed by atoms with van der Waals surface area (Å²) in [7, 11) is 1.71. The first-order valence-electron chi connectivity index (χ1n) is 6.61. The first-order chi connectivity index (χ1) is 9.10. The van der Waals surface area contributed by atoms with E-state index in [0.717, 1.165) is 12.8 Å². The Hall–Kier alpha value is -1.61. The van der Waals surface area contributed by atoms with E-state index in [4.69, 9.17) is 10.00 Å². The van der Waals surface area contributed by atoms with Crippen LogP contribution >= 0.6 is 0 Å². The molecule has 19 heavy (non-hydrogen) atoms. The van der Waals surface area contributed by atoms with Crippen molar-refractivity contribution < 1.29 is 14.3 Å². The number of likely N-dealkylation sites (N-methyl/N-ethyl adjacent to an activating group) is 1. The van der Waals surface area contributed by atoms with Crippen LogP contribution in [-0.4, -0.2) is 61.0 Å². The number of piperidine rings is 1. The van der Waals surface area contributed by atoms with E-state index in [0.29, 0.717) is 19.6 Å². The fraction of sp³-hybridized carbons (Fsp3) is 0.769. The van der Waals surface area contributed by atoms with Crippen molar-refractivity contribution in [2.75, 3.05) is 33.3 Å². The number of amides is 1. The standard InChI is InChI=1S/C13H21N3O3/c1-3-19-13(18)11-6-4-5-8-16(11)12(17)10-15(2)9-7-14/h11H,3-6,8-10H2,1-2H3. The van der Waals surface area contributed by atoms with Gasteiger partial charge in [-0.25, -0.2) is 4.79 Å². The Labute approximate surface area is 113 Å². The van der Waals surface area contributed by atoms with Gasteiger partial charge in [-0.1, -0.05) is 0 Å². The van der Waals surface area contributed by atoms with E-state index < -0.39 is 6.04 Å². The van der Waals surface area contributed by atoms with E-state index in [9.17, 15) is 9.59 Å². The number of hydrogen-bond acceptors (Lipinski definition) is 5. The number of nitriles is 1. The number of carbonyl (C=O) groups is 2. The maximum atomic E-state index is 12.2. The minimum Gasteiger partial charge on any atom is -0.464 e. The molecule has 0 bridgehead atoms. The number of esters is 1. The van der Waals surface area contributed by atoms with Crippen LogP contribution in [0.2, 0.25) is 0 Å². The highest BCUT2D eigenvalue weighted by Crippen LogP contribution is 2.18. The summed E-state index contributed by atoms with van der Waals surface area (Å²) in [5, 5.41) is 8.58. The molecule has 1 atom stereocenters. The fourth-order valence-corrected chi connectivity index (χ4v) is 2.21. The molecule has 106 valence electrons. The highest BCUT2D eigenvalue weighted by Gasteiger charge is 2.33. The van der Waals surface area contributed by atoms with Gasteiger partial charge < -0.3 is 9.64 Å². The second kappa shape index (κ2) is 7.74. The van der Waals surface area contributed by atoms with Gasteiger partial charge in [0.25, 0.3) is 0 Å². The van der Waals surface area contributed by atoms with E-state index in [1.807, 2.05) is 6.07 Å². The lowest BCUT2D eigenvalue weighted by atomic mass is 10.0. The average molecular weight is 267 g/mol. The Morgan fingerprint density at radius 1 is 1.47 bits per heavy atom. The van der Waals surface area contributed by atoms with E-state index >= 15 is 0 Å². The monoisotopic (exact) mass is 267 g/mol. The number of likely N-dealkylation sites (tertiary alicyclic amines) is 1. The third kappa shape index (κ3) is 4.52. The number of carbonyl (C=O) groups excluding carboxylic acids is 2. The van der Waals surface area contributed by atoms with Crippen molar-refractivity contribution in [1.82, 2.24) is 9.80 Å². The SMILES string of the molecule is CCOC(=O)C1CCCCN1C(=O)CN(C)CC#N. The fourth-order valence-electron chi connectivity index (χ4n) is 2.21. The summed E-state index contributed by atoms with van der Waals surface area (Å²) in [6, 6.07) is 1.53. The van der Waals surface area contributed by atoms with Crippen molar-refractivity contribution in [3.05, 3.63) is 0 Å². The molecule has 0 aliphatic carbocycles. The van der Waals surface area contributed by atoms with Gasteiger partial charge in [0.15, 0.2) is 0 Å². The van der Waals surface area contributed by atoms with Gasteiger partial charge in [0.2, 0.25) is 5.91 Å². The number of hydrogen-bond donors (Lipinski definition) is 0. The minimum atomic E-state index is -0.461. The molecule has 1 unspecified atom stereocenters. The molecular weight excluding hydrogens is 246 g/mol. The lowest BCUT2D eigenvalue weighted by Crippen LogP contribution is -2.51. The topological polar surface area (TPSA) is 73.6 Å². The second-order valence-corrected chi connectivity index (χ2v) is 4.68. The molecule has 0 aromatic heterocycles. The van der Waals surface area contributed by atoms with Crippen molar-refractivity contribution in [2.24, 2.45) is 0 Å². The van der Waals surface area contributed by atoms with Crippen LogP contribution in [0.3, 0.4) is 0 Å². The number of nitrogens with zero attached hydrogens (tertiary/aromatic N) is 3. The maximum absolute atomic E-state index is 12.2. The molecule has 0 N–H and O–H groups in total. The van der Waals surface area contributed by atoms with Crippen LogP contribution in [0.5, 0.6) is 0 Å². The molecule has 1 heterocycles. The highest BCUT2D eigenvalue weighted by molar-refractivity contribution is 5.85. The van der Waals surface area contributed by atoms with Gasteiger partial charge in [-0.2, -0.15) is 5.26 Å². The molecule has 6 heteroatoms. The van der Waals surface area contributed by atoms with E-state index in [1.165, 1.54) is 0 Å². The van der Waals surface area contributed by atoms with E-state index in [1.54, 1.807) is 23.8 Å². The lowest BCUT2D eigenvalue weighted by Gasteiger charge is -2.34. The van der Waals surface area contributed by atoms with Gasteiger partial charge in [-0.15, -0.1) is 0 Å². The third-order valence-electron chi connectivity index (χ3n) is 3.13. The molecule has 1 aliphatic heterocycles. The van der Waals surface area contributed by atoms with Gasteiger partial charge in [0, 0.05) is 6.54 Å². The Morgan fingerprint density at radius 2 is 2.21 bits per heavy atom. The Balaban J connectivity index is 2.63. The van der Waals surface area contributed by atoms with Crippen LogP contribution in [0.1, 0.15) is 26.2 Å². The summed E-state index contributed by atoms with van der Waals surface area (Å²) >= 11 is 0. The van der Waals surface area contributed by atoms with Gasteiger partial charge in [0.1, 0.15) is 6.04 Å². The minimum absolute atomic E-state index is 0.115. The molecule has 1 aliphatic rings. The van der Waals surface area contributed by atoms with Crippen LogP contribution in [-0.2, 0) is 14.3 Å². The Morgan fingerprint density at radius 3 is 2.84 bits per heavy atom. The van der Waals surface area contributed by atoms with Gasteiger partial charge in [0.05, 0.1) is 25.8 Å². The second-order valence-electron chi connectivity index (χ2n) is 4.68. The van der Waals surface area contributed by atoms with Crippen LogP contribution in [0, 0.1) is 11.3 Å². The highest BCUT2D eigenvalue weighted by atomic mass is 16.5. The van der Waals surface area contributed by atoms with E-state index in [2.05, 4.69) is 0 Å². The third-order valence-corrected chi connectivity index (χ3v) is 3.13. The summed E-state index contributed by atoms with van der Waals surface area (Å²) in [6.07, 6.45) is 2.50. The van der Waals surface area contributed by atoms with Crippen molar-refractivity contribution >= 4 is 11.9 Å². The summed E-state index contributed by atoms with van der Waals surface area (Å²) in [5.74, 6) is -0.436. The molecule has 6 nitrogen and oxygen atoms in total. The lowest BCUT2D eigenvalue weighted by molar-refractivity contribution is -0.156. The number of rotatable bonds is 5. The smallest absolute Gasteiger partial charge is 0.328 e. The van der Waals surface area contributed by atoms with Gasteiger partial charge in [-0.05, 0) is 33.2 Å². The molecule has 1 saturated heterocycles. The zero-order valence-electron chi connectivity index (χ0n) is 11.6. The maximum Gasteiger partial charge on any atom is 0.328 e. The molecule has 1 rings (SSSR count). The normalized spacial score (nSPS) is 19.1. The largest absolute Gasteiger partial charge is 0.464 e. The molecule has 1 amide bonds. The summed E-state index contributed by atoms with van der Waals surface area (Å²) in [4.78, 5) is 27.2. The van der Waals surface area contributed by atoms with Crippen molar-refractivity contribution in [2.45, 2.75) is 32.2 Å². The molecule has 0 radical (unpaired) electrons. The van der Waals surface area contributed by atoms with Crippen LogP contribution < -0.4 is 0 Å². The van der Waals surface area contributed by atoms with E-state index in [-0.39, 0.29) is 25.0 Å². The zero-order valence-corrected chi connectivity index (χ0v) is 11.6. The quantitative estimate of drug-likeness (QED) is 0.532. The van der Waals surface area contributed by atoms with Gasteiger partial charge >= 0.3 is 5.97 Å². The van der Waals surface area contributed by atoms with Crippen molar-refractivity contribution in [3.8, 4) is 6.07 Å². The van der Waals surface area contributed by atoms with Crippen molar-refractivity contribution in [1.29, 1.82) is 5.26 Å². The first kappa shape index (κ1) is 15.4. The molecule has 0 aromatic rings. The molecule has 1 fully saturated rings.